The number of methoxy groups -OCH3 is 1. The zero-order valence-corrected chi connectivity index (χ0v) is 11.1. The predicted molar refractivity (Wildman–Crippen MR) is 69.5 cm³/mol. The van der Waals surface area contributed by atoms with Crippen LogP contribution in [0, 0.1) is 6.92 Å². The van der Waals surface area contributed by atoms with Crippen molar-refractivity contribution in [1.29, 1.82) is 0 Å². The van der Waals surface area contributed by atoms with E-state index < -0.39 is 34.5 Å². The first-order valence-electron chi connectivity index (χ1n) is 5.80. The molecule has 0 unspecified atom stereocenters. The highest BCUT2D eigenvalue weighted by Crippen LogP contribution is 2.29. The van der Waals surface area contributed by atoms with Crippen molar-refractivity contribution >= 4 is 23.1 Å². The number of ether oxygens (including phenoxy) is 1. The van der Waals surface area contributed by atoms with Gasteiger partial charge in [-0.3, -0.25) is 9.59 Å². The first kappa shape index (κ1) is 14.4. The summed E-state index contributed by atoms with van der Waals surface area (Å²) < 4.78 is 9.28. The molecule has 0 fully saturated rings. The van der Waals surface area contributed by atoms with Gasteiger partial charge in [0.2, 0.25) is 11.6 Å². The molecule has 0 bridgehead atoms. The summed E-state index contributed by atoms with van der Waals surface area (Å²) in [6, 6.07) is 1.16. The van der Waals surface area contributed by atoms with Gasteiger partial charge in [-0.1, -0.05) is 0 Å². The third-order valence-corrected chi connectivity index (χ3v) is 2.83. The number of carbonyl (C=O) groups is 3. The molecule has 0 spiro atoms. The summed E-state index contributed by atoms with van der Waals surface area (Å²) in [5.41, 5.74) is -2.14. The molecule has 1 N–H and O–H groups in total. The van der Waals surface area contributed by atoms with Crippen LogP contribution in [0.5, 0.6) is 5.75 Å². The van der Waals surface area contributed by atoms with Crippen molar-refractivity contribution in [3.8, 4) is 5.75 Å². The number of allylic oxidation sites excluding steroid dienone is 3. The lowest BCUT2D eigenvalue weighted by Gasteiger charge is -2.13. The zero-order chi connectivity index (χ0) is 15.7. The van der Waals surface area contributed by atoms with E-state index in [0.29, 0.717) is 0 Å². The number of ketones is 2. The van der Waals surface area contributed by atoms with E-state index in [-0.39, 0.29) is 16.9 Å². The fraction of sp³-hybridized carbons (Fsp3) is 0.143. The molecule has 0 aromatic carbocycles. The van der Waals surface area contributed by atoms with Gasteiger partial charge in [0.05, 0.1) is 7.11 Å². The molecule has 0 aliphatic heterocycles. The Morgan fingerprint density at radius 2 is 1.90 bits per heavy atom. The van der Waals surface area contributed by atoms with Gasteiger partial charge >= 0.3 is 11.6 Å². The molecule has 1 aliphatic carbocycles. The van der Waals surface area contributed by atoms with E-state index in [2.05, 4.69) is 4.74 Å². The summed E-state index contributed by atoms with van der Waals surface area (Å²) in [6.45, 7) is 1.45. The number of aromatic hydroxyl groups is 1. The van der Waals surface area contributed by atoms with E-state index in [4.69, 9.17) is 4.42 Å². The van der Waals surface area contributed by atoms with Crippen molar-refractivity contribution in [2.24, 2.45) is 0 Å². The molecule has 21 heavy (non-hydrogen) atoms. The van der Waals surface area contributed by atoms with Gasteiger partial charge in [-0.2, -0.15) is 0 Å². The van der Waals surface area contributed by atoms with Crippen LogP contribution in [0.1, 0.15) is 11.3 Å². The predicted octanol–water partition coefficient (Wildman–Crippen LogP) is 0.288. The van der Waals surface area contributed by atoms with E-state index in [0.717, 1.165) is 25.3 Å². The van der Waals surface area contributed by atoms with Crippen LogP contribution in [-0.4, -0.2) is 29.8 Å². The Labute approximate surface area is 118 Å². The second-order valence-electron chi connectivity index (χ2n) is 4.21. The highest BCUT2D eigenvalue weighted by molar-refractivity contribution is 6.55. The molecule has 1 aromatic heterocycles. The standard InChI is InChI=1S/C14H10O7/c1-6-5-9(16)10(14(19)21-6)7-3-4-8(15)12(17)11(7)13(18)20-2/h3-5,16H,1-2H3. The minimum atomic E-state index is -1.11. The molecule has 0 radical (unpaired) electrons. The summed E-state index contributed by atoms with van der Waals surface area (Å²) in [5, 5.41) is 9.87. The van der Waals surface area contributed by atoms with E-state index in [1.54, 1.807) is 0 Å². The van der Waals surface area contributed by atoms with Crippen LogP contribution in [0.3, 0.4) is 0 Å². The molecule has 1 heterocycles. The number of aryl methyl sites for hydroxylation is 1. The molecule has 7 heteroatoms. The van der Waals surface area contributed by atoms with Gasteiger partial charge in [-0.15, -0.1) is 0 Å². The van der Waals surface area contributed by atoms with Crippen LogP contribution in [-0.2, 0) is 19.1 Å². The van der Waals surface area contributed by atoms with Crippen molar-refractivity contribution in [3.63, 3.8) is 0 Å². The number of Topliss-reactive ketones (excluding diaryl/α,β-unsaturated/α-hetero) is 1. The Hall–Kier alpha value is -2.96. The molecule has 7 nitrogen and oxygen atoms in total. The monoisotopic (exact) mass is 290 g/mol. The third-order valence-electron chi connectivity index (χ3n) is 2.83. The fourth-order valence-electron chi connectivity index (χ4n) is 1.92. The first-order chi connectivity index (χ1) is 9.86. The van der Waals surface area contributed by atoms with E-state index in [1.807, 2.05) is 0 Å². The highest BCUT2D eigenvalue weighted by Gasteiger charge is 2.33. The average molecular weight is 290 g/mol. The number of carbonyl (C=O) groups excluding carboxylic acids is 3. The van der Waals surface area contributed by atoms with Crippen molar-refractivity contribution in [1.82, 2.24) is 0 Å². The van der Waals surface area contributed by atoms with Crippen LogP contribution in [0.15, 0.2) is 33.0 Å². The largest absolute Gasteiger partial charge is 0.507 e. The summed E-state index contributed by atoms with van der Waals surface area (Å²) in [7, 11) is 1.03. The van der Waals surface area contributed by atoms with E-state index in [9.17, 15) is 24.3 Å². The summed E-state index contributed by atoms with van der Waals surface area (Å²) >= 11 is 0. The Kier molecular flexibility index (Phi) is 3.58. The third kappa shape index (κ3) is 2.40. The van der Waals surface area contributed by atoms with Crippen LogP contribution < -0.4 is 5.63 Å². The maximum atomic E-state index is 11.9. The molecule has 1 aliphatic rings. The van der Waals surface area contributed by atoms with Gasteiger partial charge in [-0.05, 0) is 19.1 Å². The van der Waals surface area contributed by atoms with E-state index >= 15 is 0 Å². The minimum absolute atomic E-state index is 0.156. The number of rotatable bonds is 2. The zero-order valence-electron chi connectivity index (χ0n) is 11.1. The summed E-state index contributed by atoms with van der Waals surface area (Å²) in [6.07, 6.45) is 2.00. The van der Waals surface area contributed by atoms with Crippen LogP contribution in [0.25, 0.3) is 5.57 Å². The smallest absolute Gasteiger partial charge is 0.347 e. The van der Waals surface area contributed by atoms with Crippen molar-refractivity contribution in [2.75, 3.05) is 7.11 Å². The summed E-state index contributed by atoms with van der Waals surface area (Å²) in [4.78, 5) is 46.8. The molecular formula is C14H10O7. The van der Waals surface area contributed by atoms with Crippen molar-refractivity contribution < 1.29 is 28.6 Å². The molecule has 0 atom stereocenters. The van der Waals surface area contributed by atoms with Crippen LogP contribution in [0.2, 0.25) is 0 Å². The Morgan fingerprint density at radius 1 is 1.24 bits per heavy atom. The van der Waals surface area contributed by atoms with Gasteiger partial charge in [0.1, 0.15) is 22.6 Å². The number of esters is 1. The Bertz CT molecular complexity index is 777. The lowest BCUT2D eigenvalue weighted by atomic mass is 9.91. The van der Waals surface area contributed by atoms with Gasteiger partial charge in [0.15, 0.2) is 0 Å². The van der Waals surface area contributed by atoms with Crippen molar-refractivity contribution in [3.05, 3.63) is 45.5 Å². The lowest BCUT2D eigenvalue weighted by molar-refractivity contribution is -0.140. The number of hydrogen-bond donors (Lipinski definition) is 1. The molecular weight excluding hydrogens is 280 g/mol. The van der Waals surface area contributed by atoms with Gasteiger partial charge < -0.3 is 14.3 Å². The van der Waals surface area contributed by atoms with Gasteiger partial charge in [0, 0.05) is 11.6 Å². The van der Waals surface area contributed by atoms with Crippen molar-refractivity contribution in [2.45, 2.75) is 6.92 Å². The average Bonchev–Trinajstić information content (AvgIpc) is 2.41. The molecule has 1 aromatic rings. The van der Waals surface area contributed by atoms with Crippen LogP contribution >= 0.6 is 0 Å². The first-order valence-corrected chi connectivity index (χ1v) is 5.80. The topological polar surface area (TPSA) is 111 Å². The van der Waals surface area contributed by atoms with E-state index in [1.165, 1.54) is 6.92 Å². The second kappa shape index (κ2) is 5.20. The normalized spacial score (nSPS) is 14.6. The maximum absolute atomic E-state index is 11.9. The molecule has 0 saturated heterocycles. The molecule has 2 rings (SSSR count). The molecule has 108 valence electrons. The lowest BCUT2D eigenvalue weighted by Crippen LogP contribution is -2.26. The second-order valence-corrected chi connectivity index (χ2v) is 4.21. The maximum Gasteiger partial charge on any atom is 0.347 e. The Morgan fingerprint density at radius 3 is 2.48 bits per heavy atom. The minimum Gasteiger partial charge on any atom is -0.507 e. The molecule has 0 amide bonds. The fourth-order valence-corrected chi connectivity index (χ4v) is 1.92. The molecule has 0 saturated carbocycles. The quantitative estimate of drug-likeness (QED) is 0.360. The SMILES string of the molecule is COC(=O)C1=C(c2c(O)cc(C)oc2=O)C=CC(=O)C1=O. The van der Waals surface area contributed by atoms with Gasteiger partial charge in [-0.25, -0.2) is 9.59 Å². The number of hydrogen-bond acceptors (Lipinski definition) is 7. The summed E-state index contributed by atoms with van der Waals surface area (Å²) in [5.74, 6) is -3.42. The van der Waals surface area contributed by atoms with Gasteiger partial charge in [0.25, 0.3) is 0 Å². The Balaban J connectivity index is 2.81. The highest BCUT2D eigenvalue weighted by atomic mass is 16.5. The van der Waals surface area contributed by atoms with Crippen LogP contribution in [0.4, 0.5) is 0 Å².